The van der Waals surface area contributed by atoms with Crippen molar-refractivity contribution in [1.82, 2.24) is 4.98 Å². The third kappa shape index (κ3) is 6.32. The monoisotopic (exact) mass is 519 g/mol. The summed E-state index contributed by atoms with van der Waals surface area (Å²) in [5.41, 5.74) is 0.463. The molecular weight excluding hydrogens is 491 g/mol. The molecule has 0 aliphatic carbocycles. The molecule has 0 atom stereocenters. The minimum Gasteiger partial charge on any atom is -0.478 e. The van der Waals surface area contributed by atoms with Crippen molar-refractivity contribution < 1.29 is 32.6 Å². The van der Waals surface area contributed by atoms with Gasteiger partial charge >= 0.3 is 12.1 Å². The van der Waals surface area contributed by atoms with Gasteiger partial charge in [0.05, 0.1) is 11.3 Å². The number of nitrogens with zero attached hydrogens (tertiary/aromatic N) is 1. The van der Waals surface area contributed by atoms with E-state index in [1.165, 1.54) is 37.3 Å². The number of hydrogen-bond donors (Lipinski definition) is 1. The molecule has 0 fully saturated rings. The number of benzene rings is 2. The summed E-state index contributed by atoms with van der Waals surface area (Å²) >= 11 is 1.39. The lowest BCUT2D eigenvalue weighted by atomic mass is 10.0. The Morgan fingerprint density at radius 2 is 1.72 bits per heavy atom. The van der Waals surface area contributed by atoms with E-state index in [0.29, 0.717) is 33.9 Å². The molecule has 36 heavy (non-hydrogen) atoms. The Kier molecular flexibility index (Phi) is 7.93. The van der Waals surface area contributed by atoms with Gasteiger partial charge in [0.25, 0.3) is 0 Å². The minimum absolute atomic E-state index is 0.0821. The number of hydrogen-bond acceptors (Lipinski definition) is 5. The lowest BCUT2D eigenvalue weighted by Crippen LogP contribution is -2.38. The summed E-state index contributed by atoms with van der Waals surface area (Å²) in [4.78, 5) is 29.8. The van der Waals surface area contributed by atoms with E-state index in [2.05, 4.69) is 4.98 Å². The Labute approximate surface area is 212 Å². The zero-order valence-electron chi connectivity index (χ0n) is 20.7. The number of halogens is 3. The molecule has 0 spiro atoms. The summed E-state index contributed by atoms with van der Waals surface area (Å²) in [6, 6.07) is 9.82. The van der Waals surface area contributed by atoms with Gasteiger partial charge in [-0.3, -0.25) is 4.79 Å². The predicted molar refractivity (Wildman–Crippen MR) is 133 cm³/mol. The van der Waals surface area contributed by atoms with Crippen molar-refractivity contribution >= 4 is 23.1 Å². The molecule has 5 nitrogen and oxygen atoms in total. The first kappa shape index (κ1) is 27.4. The Balaban J connectivity index is 1.75. The van der Waals surface area contributed by atoms with Crippen LogP contribution >= 0.6 is 11.3 Å². The summed E-state index contributed by atoms with van der Waals surface area (Å²) < 4.78 is 44.3. The molecule has 9 heteroatoms. The second-order valence-electron chi connectivity index (χ2n) is 9.38. The van der Waals surface area contributed by atoms with E-state index in [-0.39, 0.29) is 18.1 Å². The van der Waals surface area contributed by atoms with Crippen LogP contribution in [0.2, 0.25) is 0 Å². The van der Waals surface area contributed by atoms with Gasteiger partial charge in [-0.05, 0) is 69.0 Å². The molecule has 0 aliphatic heterocycles. The maximum atomic E-state index is 12.9. The maximum absolute atomic E-state index is 12.9. The number of aryl methyl sites for hydroxylation is 2. The highest BCUT2D eigenvalue weighted by Crippen LogP contribution is 2.35. The van der Waals surface area contributed by atoms with E-state index in [0.717, 1.165) is 22.7 Å². The number of carbonyl (C=O) groups excluding carboxylic acids is 1. The lowest BCUT2D eigenvalue weighted by molar-refractivity contribution is -0.152. The molecule has 1 aromatic heterocycles. The molecule has 0 aliphatic rings. The van der Waals surface area contributed by atoms with Crippen molar-refractivity contribution in [2.24, 2.45) is 0 Å². The van der Waals surface area contributed by atoms with Crippen molar-refractivity contribution in [2.75, 3.05) is 0 Å². The normalized spacial score (nSPS) is 12.1. The Morgan fingerprint density at radius 1 is 1.08 bits per heavy atom. The van der Waals surface area contributed by atoms with Gasteiger partial charge in [0, 0.05) is 22.4 Å². The molecular formula is C27H28F3NO4S. The van der Waals surface area contributed by atoms with Crippen LogP contribution in [0.1, 0.15) is 72.1 Å². The summed E-state index contributed by atoms with van der Waals surface area (Å²) in [6.45, 7) is 8.62. The highest BCUT2D eigenvalue weighted by atomic mass is 32.1. The fourth-order valence-electron chi connectivity index (χ4n) is 3.55. The van der Waals surface area contributed by atoms with Crippen LogP contribution in [0.5, 0.6) is 5.75 Å². The van der Waals surface area contributed by atoms with E-state index in [9.17, 15) is 27.9 Å². The van der Waals surface area contributed by atoms with Crippen LogP contribution in [0.3, 0.4) is 0 Å². The van der Waals surface area contributed by atoms with Gasteiger partial charge < -0.3 is 9.84 Å². The third-order valence-electron chi connectivity index (χ3n) is 5.69. The second-order valence-corrected chi connectivity index (χ2v) is 10.5. The first-order valence-corrected chi connectivity index (χ1v) is 12.2. The van der Waals surface area contributed by atoms with E-state index in [1.807, 2.05) is 13.8 Å². The zero-order valence-corrected chi connectivity index (χ0v) is 21.5. The minimum atomic E-state index is -4.40. The number of carbonyl (C=O) groups is 2. The lowest BCUT2D eigenvalue weighted by Gasteiger charge is -2.22. The molecule has 1 N–H and O–H groups in total. The fraction of sp³-hybridized carbons (Fsp3) is 0.370. The summed E-state index contributed by atoms with van der Waals surface area (Å²) in [7, 11) is 0. The number of aromatic nitrogens is 1. The van der Waals surface area contributed by atoms with Crippen LogP contribution < -0.4 is 4.74 Å². The average molecular weight is 520 g/mol. The Bertz CT molecular complexity index is 1260. The molecule has 192 valence electrons. The van der Waals surface area contributed by atoms with Gasteiger partial charge in [-0.15, -0.1) is 11.3 Å². The third-order valence-corrected chi connectivity index (χ3v) is 6.87. The SMILES string of the molecule is Cc1cc(C(=O)CCc2sc(-c3ccc(C(F)(F)F)cc3)nc2C(C)C)ccc1OC(C)(C)C(=O)O. The molecule has 0 saturated heterocycles. The first-order valence-electron chi connectivity index (χ1n) is 11.4. The van der Waals surface area contributed by atoms with E-state index in [4.69, 9.17) is 4.74 Å². The van der Waals surface area contributed by atoms with Crippen molar-refractivity contribution in [1.29, 1.82) is 0 Å². The molecule has 3 aromatic rings. The molecule has 1 heterocycles. The van der Waals surface area contributed by atoms with Crippen molar-refractivity contribution in [2.45, 2.75) is 65.2 Å². The van der Waals surface area contributed by atoms with Gasteiger partial charge in [-0.25, -0.2) is 9.78 Å². The zero-order chi connectivity index (χ0) is 26.8. The van der Waals surface area contributed by atoms with Crippen molar-refractivity contribution in [3.05, 3.63) is 69.7 Å². The number of carboxylic acid groups (broad SMARTS) is 1. The Morgan fingerprint density at radius 3 is 2.25 bits per heavy atom. The molecule has 2 aromatic carbocycles. The number of alkyl halides is 3. The quantitative estimate of drug-likeness (QED) is 0.300. The van der Waals surface area contributed by atoms with E-state index in [1.54, 1.807) is 25.1 Å². The van der Waals surface area contributed by atoms with Crippen molar-refractivity contribution in [3.63, 3.8) is 0 Å². The van der Waals surface area contributed by atoms with Crippen LogP contribution in [-0.4, -0.2) is 27.4 Å². The van der Waals surface area contributed by atoms with Crippen LogP contribution in [0.15, 0.2) is 42.5 Å². The van der Waals surface area contributed by atoms with E-state index >= 15 is 0 Å². The average Bonchev–Trinajstić information content (AvgIpc) is 3.23. The van der Waals surface area contributed by atoms with Crippen LogP contribution in [-0.2, 0) is 17.4 Å². The van der Waals surface area contributed by atoms with E-state index < -0.39 is 23.3 Å². The Hall–Kier alpha value is -3.20. The van der Waals surface area contributed by atoms with Crippen LogP contribution in [0.25, 0.3) is 10.6 Å². The number of ketones is 1. The maximum Gasteiger partial charge on any atom is 0.416 e. The molecule has 0 bridgehead atoms. The summed E-state index contributed by atoms with van der Waals surface area (Å²) in [5, 5.41) is 9.89. The first-order chi connectivity index (χ1) is 16.7. The van der Waals surface area contributed by atoms with Gasteiger partial charge in [0.1, 0.15) is 10.8 Å². The van der Waals surface area contributed by atoms with Crippen LogP contribution in [0, 0.1) is 6.92 Å². The number of rotatable bonds is 9. The number of aliphatic carboxylic acids is 1. The molecule has 3 rings (SSSR count). The topological polar surface area (TPSA) is 76.5 Å². The fourth-order valence-corrected chi connectivity index (χ4v) is 4.77. The van der Waals surface area contributed by atoms with Gasteiger partial charge in [-0.2, -0.15) is 13.2 Å². The summed E-state index contributed by atoms with van der Waals surface area (Å²) in [5.74, 6) is -0.694. The van der Waals surface area contributed by atoms with Gasteiger partial charge in [0.2, 0.25) is 0 Å². The highest BCUT2D eigenvalue weighted by Gasteiger charge is 2.31. The van der Waals surface area contributed by atoms with Crippen LogP contribution in [0.4, 0.5) is 13.2 Å². The molecule has 0 saturated carbocycles. The number of Topliss-reactive ketones (excluding diaryl/α,β-unsaturated/α-hetero) is 1. The molecule has 0 amide bonds. The standard InChI is InChI=1S/C27H28F3NO4S/c1-15(2)23-22(36-24(31-23)17-6-9-19(10-7-17)27(28,29)30)13-11-20(32)18-8-12-21(16(3)14-18)35-26(4,5)25(33)34/h6-10,12,14-15H,11,13H2,1-5H3,(H,33,34). The molecule has 0 radical (unpaired) electrons. The summed E-state index contributed by atoms with van der Waals surface area (Å²) in [6.07, 6.45) is -3.71. The molecule has 0 unspecified atom stereocenters. The van der Waals surface area contributed by atoms with Gasteiger partial charge in [-0.1, -0.05) is 26.0 Å². The highest BCUT2D eigenvalue weighted by molar-refractivity contribution is 7.15. The second kappa shape index (κ2) is 10.4. The van der Waals surface area contributed by atoms with Gasteiger partial charge in [0.15, 0.2) is 11.4 Å². The predicted octanol–water partition coefficient (Wildman–Crippen LogP) is 7.32. The largest absolute Gasteiger partial charge is 0.478 e. The smallest absolute Gasteiger partial charge is 0.416 e. The number of thiazole rings is 1. The number of carboxylic acids is 1. The number of ether oxygens (including phenoxy) is 1. The van der Waals surface area contributed by atoms with Crippen molar-refractivity contribution in [3.8, 4) is 16.3 Å².